The molecule has 0 atom stereocenters. The topological polar surface area (TPSA) is 76.7 Å². The van der Waals surface area contributed by atoms with Crippen LogP contribution < -0.4 is 20.1 Å². The first-order chi connectivity index (χ1) is 14.9. The molecule has 0 fully saturated rings. The Hall–Kier alpha value is -3.87. The van der Waals surface area contributed by atoms with Gasteiger partial charge in [-0.05, 0) is 66.6 Å². The molecule has 0 radical (unpaired) electrons. The number of anilines is 2. The third kappa shape index (κ3) is 6.57. The van der Waals surface area contributed by atoms with Crippen LogP contribution in [0.25, 0.3) is 0 Å². The summed E-state index contributed by atoms with van der Waals surface area (Å²) in [6.45, 7) is 1.41. The second-order valence-corrected chi connectivity index (χ2v) is 6.85. The summed E-state index contributed by atoms with van der Waals surface area (Å²) < 4.78 is 24.0. The van der Waals surface area contributed by atoms with Gasteiger partial charge in [0.15, 0.2) is 0 Å². The lowest BCUT2D eigenvalue weighted by molar-refractivity contribution is -0.116. The molecule has 31 heavy (non-hydrogen) atoms. The molecule has 6 nitrogen and oxygen atoms in total. The highest BCUT2D eigenvalue weighted by Crippen LogP contribution is 2.28. The quantitative estimate of drug-likeness (QED) is 0.526. The summed E-state index contributed by atoms with van der Waals surface area (Å²) in [6, 6.07) is 18.2. The number of hydrogen-bond donors (Lipinski definition) is 2. The van der Waals surface area contributed by atoms with Crippen molar-refractivity contribution in [2.45, 2.75) is 19.8 Å². The van der Waals surface area contributed by atoms with E-state index in [9.17, 15) is 14.0 Å². The maximum Gasteiger partial charge on any atom is 0.224 e. The summed E-state index contributed by atoms with van der Waals surface area (Å²) in [5.74, 6) is 0.911. The predicted octanol–water partition coefficient (Wildman–Crippen LogP) is 5.16. The number of aryl methyl sites for hydroxylation is 1. The van der Waals surface area contributed by atoms with Crippen LogP contribution in [0.4, 0.5) is 15.8 Å². The van der Waals surface area contributed by atoms with Gasteiger partial charge in [0.1, 0.15) is 23.1 Å². The molecule has 3 rings (SSSR count). The monoisotopic (exact) mass is 422 g/mol. The average Bonchev–Trinajstić information content (AvgIpc) is 2.74. The van der Waals surface area contributed by atoms with Gasteiger partial charge in [-0.2, -0.15) is 0 Å². The lowest BCUT2D eigenvalue weighted by Crippen LogP contribution is -2.14. The van der Waals surface area contributed by atoms with Crippen molar-refractivity contribution in [1.82, 2.24) is 0 Å². The molecule has 0 aliphatic carbocycles. The highest BCUT2D eigenvalue weighted by atomic mass is 19.1. The van der Waals surface area contributed by atoms with Crippen molar-refractivity contribution in [2.24, 2.45) is 0 Å². The van der Waals surface area contributed by atoms with E-state index in [1.54, 1.807) is 36.4 Å². The van der Waals surface area contributed by atoms with Crippen LogP contribution in [0.1, 0.15) is 18.9 Å². The smallest absolute Gasteiger partial charge is 0.224 e. The molecule has 2 amide bonds. The fraction of sp³-hybridized carbons (Fsp3) is 0.167. The second-order valence-electron chi connectivity index (χ2n) is 6.85. The fourth-order valence-electron chi connectivity index (χ4n) is 2.96. The van der Waals surface area contributed by atoms with Crippen LogP contribution in [0.2, 0.25) is 0 Å². The lowest BCUT2D eigenvalue weighted by atomic mass is 10.1. The lowest BCUT2D eigenvalue weighted by Gasteiger charge is -2.12. The van der Waals surface area contributed by atoms with Crippen molar-refractivity contribution in [3.05, 3.63) is 78.1 Å². The number of amides is 2. The normalized spacial score (nSPS) is 10.3. The number of ether oxygens (including phenoxy) is 2. The van der Waals surface area contributed by atoms with E-state index >= 15 is 0 Å². The fourth-order valence-corrected chi connectivity index (χ4v) is 2.96. The van der Waals surface area contributed by atoms with Crippen LogP contribution in [0.5, 0.6) is 17.2 Å². The Kier molecular flexibility index (Phi) is 7.22. The van der Waals surface area contributed by atoms with Crippen LogP contribution in [0.15, 0.2) is 66.7 Å². The first-order valence-corrected chi connectivity index (χ1v) is 9.71. The molecule has 0 bridgehead atoms. The number of nitrogens with one attached hydrogen (secondary N) is 2. The molecule has 0 unspecified atom stereocenters. The third-order valence-electron chi connectivity index (χ3n) is 4.38. The number of hydrogen-bond acceptors (Lipinski definition) is 4. The zero-order valence-corrected chi connectivity index (χ0v) is 17.3. The Morgan fingerprint density at radius 1 is 0.935 bits per heavy atom. The predicted molar refractivity (Wildman–Crippen MR) is 117 cm³/mol. The number of halogens is 1. The standard InChI is InChI=1S/C24H23FN2O4/c1-16(28)26-19-9-12-23(30-2)22(15-19)27-24(29)13-6-17-4-3-5-21(14-17)31-20-10-7-18(25)8-11-20/h3-5,7-12,14-15H,6,13H2,1-2H3,(H,26,28)(H,27,29). The summed E-state index contributed by atoms with van der Waals surface area (Å²) in [5.41, 5.74) is 1.97. The van der Waals surface area contributed by atoms with Crippen LogP contribution in [0.3, 0.4) is 0 Å². The Morgan fingerprint density at radius 2 is 1.71 bits per heavy atom. The SMILES string of the molecule is COc1ccc(NC(C)=O)cc1NC(=O)CCc1cccc(Oc2ccc(F)cc2)c1. The van der Waals surface area contributed by atoms with Gasteiger partial charge < -0.3 is 20.1 Å². The number of methoxy groups -OCH3 is 1. The van der Waals surface area contributed by atoms with Crippen LogP contribution in [-0.2, 0) is 16.0 Å². The molecule has 0 spiro atoms. The minimum Gasteiger partial charge on any atom is -0.495 e. The van der Waals surface area contributed by atoms with Crippen LogP contribution >= 0.6 is 0 Å². The van der Waals surface area contributed by atoms with Crippen molar-refractivity contribution < 1.29 is 23.5 Å². The van der Waals surface area contributed by atoms with Crippen molar-refractivity contribution in [3.8, 4) is 17.2 Å². The molecular weight excluding hydrogens is 399 g/mol. The molecule has 2 N–H and O–H groups in total. The average molecular weight is 422 g/mol. The highest BCUT2D eigenvalue weighted by Gasteiger charge is 2.10. The Morgan fingerprint density at radius 3 is 2.42 bits per heavy atom. The van der Waals surface area contributed by atoms with Crippen molar-refractivity contribution in [3.63, 3.8) is 0 Å². The molecule has 7 heteroatoms. The van der Waals surface area contributed by atoms with Gasteiger partial charge in [-0.15, -0.1) is 0 Å². The van der Waals surface area contributed by atoms with Crippen LogP contribution in [-0.4, -0.2) is 18.9 Å². The largest absolute Gasteiger partial charge is 0.495 e. The Bertz CT molecular complexity index is 1070. The molecule has 0 heterocycles. The van der Waals surface area contributed by atoms with E-state index < -0.39 is 0 Å². The Labute approximate surface area is 180 Å². The van der Waals surface area contributed by atoms with Gasteiger partial charge in [-0.25, -0.2) is 4.39 Å². The molecule has 0 aliphatic heterocycles. The molecule has 3 aromatic rings. The summed E-state index contributed by atoms with van der Waals surface area (Å²) in [5, 5.41) is 5.50. The number of benzene rings is 3. The van der Waals surface area contributed by atoms with Gasteiger partial charge in [0.05, 0.1) is 12.8 Å². The van der Waals surface area contributed by atoms with E-state index in [1.807, 2.05) is 18.2 Å². The van der Waals surface area contributed by atoms with Gasteiger partial charge in [0.2, 0.25) is 11.8 Å². The zero-order chi connectivity index (χ0) is 22.2. The Balaban J connectivity index is 1.61. The minimum atomic E-state index is -0.327. The number of carbonyl (C=O) groups excluding carboxylic acids is 2. The van der Waals surface area contributed by atoms with E-state index in [0.29, 0.717) is 35.0 Å². The maximum absolute atomic E-state index is 13.0. The maximum atomic E-state index is 13.0. The van der Waals surface area contributed by atoms with E-state index in [-0.39, 0.29) is 24.1 Å². The summed E-state index contributed by atoms with van der Waals surface area (Å²) in [6.07, 6.45) is 0.744. The van der Waals surface area contributed by atoms with Gasteiger partial charge >= 0.3 is 0 Å². The highest BCUT2D eigenvalue weighted by molar-refractivity contribution is 5.95. The van der Waals surface area contributed by atoms with E-state index in [0.717, 1.165) is 5.56 Å². The molecule has 0 aromatic heterocycles. The van der Waals surface area contributed by atoms with E-state index in [1.165, 1.54) is 26.2 Å². The molecule has 0 saturated heterocycles. The van der Waals surface area contributed by atoms with E-state index in [2.05, 4.69) is 10.6 Å². The summed E-state index contributed by atoms with van der Waals surface area (Å²) in [7, 11) is 1.51. The van der Waals surface area contributed by atoms with Crippen LogP contribution in [0, 0.1) is 5.82 Å². The van der Waals surface area contributed by atoms with Crippen molar-refractivity contribution >= 4 is 23.2 Å². The molecule has 3 aromatic carbocycles. The number of rotatable bonds is 8. The first-order valence-electron chi connectivity index (χ1n) is 9.71. The first kappa shape index (κ1) is 21.8. The van der Waals surface area contributed by atoms with Gasteiger partial charge in [-0.1, -0.05) is 12.1 Å². The van der Waals surface area contributed by atoms with Gasteiger partial charge in [0, 0.05) is 19.0 Å². The zero-order valence-electron chi connectivity index (χ0n) is 17.3. The molecule has 0 aliphatic rings. The second kappa shape index (κ2) is 10.2. The van der Waals surface area contributed by atoms with Crippen molar-refractivity contribution in [2.75, 3.05) is 17.7 Å². The number of carbonyl (C=O) groups is 2. The molecule has 160 valence electrons. The molecular formula is C24H23FN2O4. The van der Waals surface area contributed by atoms with Gasteiger partial charge in [-0.3, -0.25) is 9.59 Å². The van der Waals surface area contributed by atoms with Crippen molar-refractivity contribution in [1.29, 1.82) is 0 Å². The molecule has 0 saturated carbocycles. The van der Waals surface area contributed by atoms with E-state index in [4.69, 9.17) is 9.47 Å². The summed E-state index contributed by atoms with van der Waals surface area (Å²) in [4.78, 5) is 23.7. The minimum absolute atomic E-state index is 0.192. The third-order valence-corrected chi connectivity index (χ3v) is 4.38. The van der Waals surface area contributed by atoms with Gasteiger partial charge in [0.25, 0.3) is 0 Å². The summed E-state index contributed by atoms with van der Waals surface area (Å²) >= 11 is 0.